The van der Waals surface area contributed by atoms with Crippen LogP contribution in [-0.2, 0) is 6.42 Å². The van der Waals surface area contributed by atoms with Crippen LogP contribution >= 0.6 is 0 Å². The third-order valence-corrected chi connectivity index (χ3v) is 13.8. The lowest BCUT2D eigenvalue weighted by Crippen LogP contribution is -1.96. The minimum Gasteiger partial charge on any atom is -0.309 e. The van der Waals surface area contributed by atoms with E-state index in [-0.39, 0.29) is 0 Å². The summed E-state index contributed by atoms with van der Waals surface area (Å²) in [5.74, 6) is 0. The van der Waals surface area contributed by atoms with Gasteiger partial charge < -0.3 is 13.7 Å². The second-order valence-electron chi connectivity index (χ2n) is 17.2. The predicted octanol–water partition coefficient (Wildman–Crippen LogP) is 15.9. The van der Waals surface area contributed by atoms with E-state index in [0.717, 1.165) is 23.5 Å². The van der Waals surface area contributed by atoms with E-state index in [9.17, 15) is 0 Å². The predicted molar refractivity (Wildman–Crippen MR) is 269 cm³/mol. The van der Waals surface area contributed by atoms with Gasteiger partial charge in [0.1, 0.15) is 0 Å². The smallest absolute Gasteiger partial charge is 0.0548 e. The molecule has 13 aromatic rings. The highest BCUT2D eigenvalue weighted by Crippen LogP contribution is 2.46. The number of fused-ring (bicyclic) bond motifs is 13. The SMILES string of the molecule is c1ccc(-c2cc(-c3cccc(-n4c5ccccc5c5c6c7ccccc7n(-c7ccc8c(c7)c7ccccc7n8-c7ccccc7)c6ccc54)c3)cc3c2Cc2ccccc2-3)cc1. The summed E-state index contributed by atoms with van der Waals surface area (Å²) in [6.07, 6.45) is 0.954. The highest BCUT2D eigenvalue weighted by molar-refractivity contribution is 6.29. The van der Waals surface area contributed by atoms with E-state index in [2.05, 4.69) is 238 Å². The molecule has 0 unspecified atom stereocenters. The van der Waals surface area contributed by atoms with Crippen molar-refractivity contribution in [2.75, 3.05) is 0 Å². The zero-order valence-electron chi connectivity index (χ0n) is 34.9. The van der Waals surface area contributed by atoms with Crippen molar-refractivity contribution in [3.63, 3.8) is 0 Å². The molecule has 0 aliphatic heterocycles. The molecule has 0 fully saturated rings. The summed E-state index contributed by atoms with van der Waals surface area (Å²) in [4.78, 5) is 0. The molecule has 0 saturated carbocycles. The fourth-order valence-electron chi connectivity index (χ4n) is 11.1. The molecule has 3 nitrogen and oxygen atoms in total. The lowest BCUT2D eigenvalue weighted by atomic mass is 9.91. The second kappa shape index (κ2) is 13.5. The number of benzene rings is 10. The average molecular weight is 814 g/mol. The van der Waals surface area contributed by atoms with E-state index >= 15 is 0 Å². The minimum absolute atomic E-state index is 0.954. The summed E-state index contributed by atoms with van der Waals surface area (Å²) >= 11 is 0. The van der Waals surface area contributed by atoms with Gasteiger partial charge in [-0.15, -0.1) is 0 Å². The molecule has 14 rings (SSSR count). The van der Waals surface area contributed by atoms with Crippen molar-refractivity contribution in [2.24, 2.45) is 0 Å². The maximum Gasteiger partial charge on any atom is 0.0548 e. The Morgan fingerprint density at radius 2 is 0.766 bits per heavy atom. The summed E-state index contributed by atoms with van der Waals surface area (Å²) in [7, 11) is 0. The summed E-state index contributed by atoms with van der Waals surface area (Å²) in [6.45, 7) is 0. The normalized spacial score (nSPS) is 12.3. The lowest BCUT2D eigenvalue weighted by molar-refractivity contribution is 1.16. The molecule has 0 N–H and O–H groups in total. The van der Waals surface area contributed by atoms with Gasteiger partial charge in [0.15, 0.2) is 0 Å². The van der Waals surface area contributed by atoms with Crippen LogP contribution in [0.2, 0.25) is 0 Å². The van der Waals surface area contributed by atoms with E-state index in [1.54, 1.807) is 0 Å². The van der Waals surface area contributed by atoms with E-state index < -0.39 is 0 Å². The zero-order chi connectivity index (χ0) is 41.9. The number of hydrogen-bond donors (Lipinski definition) is 0. The minimum atomic E-state index is 0.954. The third-order valence-electron chi connectivity index (χ3n) is 13.8. The number of hydrogen-bond acceptors (Lipinski definition) is 0. The maximum absolute atomic E-state index is 2.48. The van der Waals surface area contributed by atoms with Crippen LogP contribution in [0.5, 0.6) is 0 Å². The van der Waals surface area contributed by atoms with Crippen molar-refractivity contribution in [3.05, 3.63) is 236 Å². The molecule has 0 atom stereocenters. The Balaban J connectivity index is 0.980. The Bertz CT molecular complexity index is 4030. The molecule has 1 aliphatic rings. The van der Waals surface area contributed by atoms with Gasteiger partial charge in [-0.1, -0.05) is 140 Å². The lowest BCUT2D eigenvalue weighted by Gasteiger charge is -2.15. The summed E-state index contributed by atoms with van der Waals surface area (Å²) < 4.78 is 7.34. The highest BCUT2D eigenvalue weighted by Gasteiger charge is 2.25. The van der Waals surface area contributed by atoms with Crippen LogP contribution < -0.4 is 0 Å². The summed E-state index contributed by atoms with van der Waals surface area (Å²) in [5.41, 5.74) is 21.2. The van der Waals surface area contributed by atoms with Gasteiger partial charge in [-0.25, -0.2) is 0 Å². The molecule has 3 heterocycles. The molecule has 10 aromatic carbocycles. The van der Waals surface area contributed by atoms with E-state index in [1.165, 1.54) is 110 Å². The molecule has 1 aliphatic carbocycles. The number of rotatable bonds is 5. The first-order valence-corrected chi connectivity index (χ1v) is 22.2. The van der Waals surface area contributed by atoms with Crippen molar-refractivity contribution in [3.8, 4) is 50.4 Å². The summed E-state index contributed by atoms with van der Waals surface area (Å²) in [5, 5.41) is 7.53. The van der Waals surface area contributed by atoms with E-state index in [1.807, 2.05) is 0 Å². The molecule has 0 spiro atoms. The molecule has 3 aromatic heterocycles. The van der Waals surface area contributed by atoms with Crippen LogP contribution in [0, 0.1) is 0 Å². The van der Waals surface area contributed by atoms with Gasteiger partial charge in [0.05, 0.1) is 33.1 Å². The highest BCUT2D eigenvalue weighted by atomic mass is 15.0. The largest absolute Gasteiger partial charge is 0.309 e. The van der Waals surface area contributed by atoms with Crippen LogP contribution in [0.25, 0.3) is 116 Å². The Morgan fingerprint density at radius 3 is 1.48 bits per heavy atom. The number of nitrogens with zero attached hydrogens (tertiary/aromatic N) is 3. The van der Waals surface area contributed by atoms with Gasteiger partial charge in [-0.2, -0.15) is 0 Å². The van der Waals surface area contributed by atoms with Crippen LogP contribution in [-0.4, -0.2) is 13.7 Å². The van der Waals surface area contributed by atoms with Crippen molar-refractivity contribution < 1.29 is 0 Å². The first kappa shape index (κ1) is 35.2. The Hall–Kier alpha value is -8.40. The van der Waals surface area contributed by atoms with Gasteiger partial charge in [0, 0.05) is 49.4 Å². The van der Waals surface area contributed by atoms with Gasteiger partial charge in [-0.05, 0) is 136 Å². The number of aromatic nitrogens is 3. The maximum atomic E-state index is 2.48. The fraction of sp³-hybridized carbons (Fsp3) is 0.0164. The molecular weight excluding hydrogens is 775 g/mol. The first-order valence-electron chi connectivity index (χ1n) is 22.2. The Kier molecular flexibility index (Phi) is 7.46. The van der Waals surface area contributed by atoms with Crippen LogP contribution in [0.4, 0.5) is 0 Å². The molecular formula is C61H39N3. The van der Waals surface area contributed by atoms with Gasteiger partial charge in [-0.3, -0.25) is 0 Å². The Morgan fingerprint density at radius 1 is 0.266 bits per heavy atom. The fourth-order valence-corrected chi connectivity index (χ4v) is 11.1. The molecule has 3 heteroatoms. The Labute approximate surface area is 369 Å². The van der Waals surface area contributed by atoms with Gasteiger partial charge in [0.25, 0.3) is 0 Å². The molecule has 0 amide bonds. The molecule has 0 radical (unpaired) electrons. The van der Waals surface area contributed by atoms with Gasteiger partial charge >= 0.3 is 0 Å². The molecule has 64 heavy (non-hydrogen) atoms. The van der Waals surface area contributed by atoms with Crippen molar-refractivity contribution in [2.45, 2.75) is 6.42 Å². The van der Waals surface area contributed by atoms with Crippen LogP contribution in [0.3, 0.4) is 0 Å². The molecule has 298 valence electrons. The van der Waals surface area contributed by atoms with Crippen molar-refractivity contribution >= 4 is 65.4 Å². The topological polar surface area (TPSA) is 14.8 Å². The molecule has 0 bridgehead atoms. The number of para-hydroxylation sites is 4. The third kappa shape index (κ3) is 5.04. The van der Waals surface area contributed by atoms with Crippen molar-refractivity contribution in [1.82, 2.24) is 13.7 Å². The zero-order valence-corrected chi connectivity index (χ0v) is 34.9. The molecule has 0 saturated heterocycles. The monoisotopic (exact) mass is 813 g/mol. The van der Waals surface area contributed by atoms with E-state index in [4.69, 9.17) is 0 Å². The van der Waals surface area contributed by atoms with Crippen molar-refractivity contribution in [1.29, 1.82) is 0 Å². The standard InChI is InChI=1S/C61H39N3/c1-3-16-39(17-4-1)50-36-42(37-51-46-23-8-7-18-41(46)35-52(50)51)40-19-15-22-44(34-40)63-55-28-13-10-25-48(55)60-58(63)32-33-59-61(60)49-26-11-14-29-56(49)64(59)45-30-31-57-53(38-45)47-24-9-12-27-54(47)62(57)43-20-5-2-6-21-43/h1-34,36-38H,35H2. The van der Waals surface area contributed by atoms with Gasteiger partial charge in [0.2, 0.25) is 0 Å². The van der Waals surface area contributed by atoms with E-state index in [0.29, 0.717) is 0 Å². The van der Waals surface area contributed by atoms with Crippen LogP contribution in [0.15, 0.2) is 224 Å². The first-order chi connectivity index (χ1) is 31.8. The van der Waals surface area contributed by atoms with Crippen LogP contribution in [0.1, 0.15) is 11.1 Å². The quantitative estimate of drug-likeness (QED) is 0.164. The second-order valence-corrected chi connectivity index (χ2v) is 17.2. The average Bonchev–Trinajstić information content (AvgIpc) is 4.10. The summed E-state index contributed by atoms with van der Waals surface area (Å²) in [6, 6.07) is 82.9.